The van der Waals surface area contributed by atoms with Crippen molar-refractivity contribution in [1.82, 2.24) is 19.5 Å². The van der Waals surface area contributed by atoms with Crippen LogP contribution < -0.4 is 5.73 Å². The Kier molecular flexibility index (Phi) is 4.91. The molecular weight excluding hydrogens is 369 g/mol. The molecule has 2 rings (SSSR count). The van der Waals surface area contributed by atoms with Gasteiger partial charge in [-0.25, -0.2) is 15.0 Å². The van der Waals surface area contributed by atoms with E-state index in [0.29, 0.717) is 15.9 Å². The standard InChI is InChI=1S/C9H13BrN5O5P/c10-9-14-6-7(11)12-3-13-8(6)15(9)1-5(2-16)20-4-21(17,18)19/h3,5,16H,1-2,4H2,(H2,11,12,13)(H2,17,18,19)/t5-/m0/s1. The van der Waals surface area contributed by atoms with Crippen LogP contribution in [0.1, 0.15) is 0 Å². The molecule has 0 radical (unpaired) electrons. The molecular formula is C9H13BrN5O5P. The smallest absolute Gasteiger partial charge is 0.350 e. The van der Waals surface area contributed by atoms with E-state index in [2.05, 4.69) is 30.9 Å². The van der Waals surface area contributed by atoms with E-state index in [9.17, 15) is 9.67 Å². The van der Waals surface area contributed by atoms with Crippen molar-refractivity contribution < 1.29 is 24.2 Å². The zero-order chi connectivity index (χ0) is 15.6. The molecule has 21 heavy (non-hydrogen) atoms. The quantitative estimate of drug-likeness (QED) is 0.388. The highest BCUT2D eigenvalue weighted by Crippen LogP contribution is 2.34. The van der Waals surface area contributed by atoms with Gasteiger partial charge in [-0.3, -0.25) is 4.57 Å². The third-order valence-electron chi connectivity index (χ3n) is 2.58. The van der Waals surface area contributed by atoms with Crippen LogP contribution in [-0.4, -0.2) is 53.5 Å². The highest BCUT2D eigenvalue weighted by atomic mass is 79.9. The normalized spacial score (nSPS) is 13.7. The van der Waals surface area contributed by atoms with Crippen molar-refractivity contribution in [2.75, 3.05) is 18.7 Å². The number of anilines is 1. The zero-order valence-corrected chi connectivity index (χ0v) is 13.1. The molecule has 0 amide bonds. The van der Waals surface area contributed by atoms with Gasteiger partial charge in [-0.15, -0.1) is 0 Å². The van der Waals surface area contributed by atoms with Crippen molar-refractivity contribution in [2.24, 2.45) is 0 Å². The summed E-state index contributed by atoms with van der Waals surface area (Å²) < 4.78 is 17.8. The Morgan fingerprint density at radius 1 is 1.48 bits per heavy atom. The minimum atomic E-state index is -4.31. The summed E-state index contributed by atoms with van der Waals surface area (Å²) in [6.07, 6.45) is -0.339. The minimum absolute atomic E-state index is 0.0873. The van der Waals surface area contributed by atoms with E-state index in [0.717, 1.165) is 0 Å². The average Bonchev–Trinajstić information content (AvgIpc) is 2.71. The van der Waals surface area contributed by atoms with Crippen LogP contribution in [0.15, 0.2) is 11.1 Å². The van der Waals surface area contributed by atoms with Gasteiger partial charge in [0.05, 0.1) is 19.3 Å². The second-order valence-corrected chi connectivity index (χ2v) is 6.48. The summed E-state index contributed by atoms with van der Waals surface area (Å²) in [5.74, 6) is 0.205. The summed E-state index contributed by atoms with van der Waals surface area (Å²) in [7, 11) is -4.31. The van der Waals surface area contributed by atoms with Crippen LogP contribution in [0, 0.1) is 0 Å². The van der Waals surface area contributed by atoms with Gasteiger partial charge in [0.2, 0.25) is 0 Å². The SMILES string of the molecule is Nc1ncnc2c1nc(Br)n2C[C@@H](CO)OCP(=O)(O)O. The number of rotatable bonds is 6. The molecule has 0 aliphatic heterocycles. The highest BCUT2D eigenvalue weighted by molar-refractivity contribution is 9.10. The third-order valence-corrected chi connectivity index (χ3v) is 3.67. The Bertz CT molecular complexity index is 688. The summed E-state index contributed by atoms with van der Waals surface area (Å²) in [6, 6.07) is 0. The number of nitrogens with zero attached hydrogens (tertiary/aromatic N) is 4. The first kappa shape index (κ1) is 16.3. The number of nitrogens with two attached hydrogens (primary N) is 1. The zero-order valence-electron chi connectivity index (χ0n) is 10.6. The average molecular weight is 382 g/mol. The number of ether oxygens (including phenoxy) is 1. The van der Waals surface area contributed by atoms with Gasteiger partial charge in [0.25, 0.3) is 0 Å². The predicted molar refractivity (Wildman–Crippen MR) is 76.3 cm³/mol. The number of fused-ring (bicyclic) bond motifs is 1. The Labute approximate surface area is 127 Å². The molecule has 116 valence electrons. The molecule has 2 aromatic rings. The predicted octanol–water partition coefficient (Wildman–Crippen LogP) is -0.316. The van der Waals surface area contributed by atoms with Crippen molar-refractivity contribution in [2.45, 2.75) is 12.6 Å². The summed E-state index contributed by atoms with van der Waals surface area (Å²) >= 11 is 3.23. The molecule has 0 fully saturated rings. The monoisotopic (exact) mass is 381 g/mol. The van der Waals surface area contributed by atoms with Gasteiger partial charge in [-0.05, 0) is 15.9 Å². The number of imidazole rings is 1. The number of hydrogen-bond donors (Lipinski definition) is 4. The molecule has 0 aliphatic carbocycles. The number of aliphatic hydroxyl groups is 1. The fourth-order valence-electron chi connectivity index (χ4n) is 1.66. The van der Waals surface area contributed by atoms with Crippen LogP contribution in [0.4, 0.5) is 5.82 Å². The Morgan fingerprint density at radius 2 is 2.19 bits per heavy atom. The van der Waals surface area contributed by atoms with Gasteiger partial charge in [0.15, 0.2) is 21.7 Å². The van der Waals surface area contributed by atoms with Crippen LogP contribution in [-0.2, 0) is 15.8 Å². The second-order valence-electron chi connectivity index (χ2n) is 4.19. The molecule has 10 nitrogen and oxygen atoms in total. The molecule has 5 N–H and O–H groups in total. The van der Waals surface area contributed by atoms with Crippen LogP contribution in [0.5, 0.6) is 0 Å². The van der Waals surface area contributed by atoms with Crippen molar-refractivity contribution in [3.05, 3.63) is 11.1 Å². The lowest BCUT2D eigenvalue weighted by molar-refractivity contribution is 0.0199. The van der Waals surface area contributed by atoms with Crippen LogP contribution in [0.3, 0.4) is 0 Å². The van der Waals surface area contributed by atoms with E-state index < -0.39 is 26.7 Å². The molecule has 1 atom stereocenters. The molecule has 2 aromatic heterocycles. The third kappa shape index (κ3) is 3.96. The lowest BCUT2D eigenvalue weighted by atomic mass is 10.3. The maximum absolute atomic E-state index is 10.8. The van der Waals surface area contributed by atoms with Gasteiger partial charge in [-0.1, -0.05) is 0 Å². The first-order valence-corrected chi connectivity index (χ1v) is 8.30. The maximum Gasteiger partial charge on any atom is 0.350 e. The van der Waals surface area contributed by atoms with Gasteiger partial charge in [0, 0.05) is 0 Å². The number of aromatic nitrogens is 4. The van der Waals surface area contributed by atoms with E-state index in [-0.39, 0.29) is 12.4 Å². The van der Waals surface area contributed by atoms with Gasteiger partial charge in [0.1, 0.15) is 12.7 Å². The van der Waals surface area contributed by atoms with Crippen molar-refractivity contribution >= 4 is 40.5 Å². The molecule has 0 unspecified atom stereocenters. The molecule has 0 aromatic carbocycles. The summed E-state index contributed by atoms with van der Waals surface area (Å²) in [6.45, 7) is -0.337. The van der Waals surface area contributed by atoms with Crippen LogP contribution >= 0.6 is 23.5 Å². The Hall–Kier alpha value is -1.10. The molecule has 0 aliphatic rings. The topological polar surface area (TPSA) is 157 Å². The van der Waals surface area contributed by atoms with Crippen molar-refractivity contribution in [3.63, 3.8) is 0 Å². The molecule has 0 saturated heterocycles. The van der Waals surface area contributed by atoms with Crippen molar-refractivity contribution in [3.8, 4) is 0 Å². The number of aliphatic hydroxyl groups excluding tert-OH is 1. The van der Waals surface area contributed by atoms with E-state index in [4.69, 9.17) is 20.3 Å². The summed E-state index contributed by atoms with van der Waals surface area (Å²) in [5.41, 5.74) is 6.50. The fraction of sp³-hybridized carbons (Fsp3) is 0.444. The highest BCUT2D eigenvalue weighted by Gasteiger charge is 2.21. The number of nitrogen functional groups attached to an aromatic ring is 1. The summed E-state index contributed by atoms with van der Waals surface area (Å²) in [5, 5.41) is 9.25. The lowest BCUT2D eigenvalue weighted by Crippen LogP contribution is -2.25. The molecule has 0 saturated carbocycles. The Morgan fingerprint density at radius 3 is 2.81 bits per heavy atom. The van der Waals surface area contributed by atoms with Crippen molar-refractivity contribution in [1.29, 1.82) is 0 Å². The molecule has 12 heteroatoms. The first-order chi connectivity index (χ1) is 9.81. The van der Waals surface area contributed by atoms with E-state index >= 15 is 0 Å². The van der Waals surface area contributed by atoms with Crippen LogP contribution in [0.2, 0.25) is 0 Å². The Balaban J connectivity index is 2.23. The van der Waals surface area contributed by atoms with Gasteiger partial charge < -0.3 is 29.9 Å². The maximum atomic E-state index is 10.8. The van der Waals surface area contributed by atoms with Gasteiger partial charge in [-0.2, -0.15) is 0 Å². The van der Waals surface area contributed by atoms with E-state index in [1.165, 1.54) is 6.33 Å². The molecule has 0 bridgehead atoms. The lowest BCUT2D eigenvalue weighted by Gasteiger charge is -2.17. The van der Waals surface area contributed by atoms with Gasteiger partial charge >= 0.3 is 7.60 Å². The van der Waals surface area contributed by atoms with Crippen LogP contribution in [0.25, 0.3) is 11.2 Å². The first-order valence-electron chi connectivity index (χ1n) is 5.71. The molecule has 0 spiro atoms. The second kappa shape index (κ2) is 6.34. The minimum Gasteiger partial charge on any atom is -0.394 e. The molecule has 2 heterocycles. The van der Waals surface area contributed by atoms with E-state index in [1.807, 2.05) is 0 Å². The fourth-order valence-corrected chi connectivity index (χ4v) is 2.55. The van der Waals surface area contributed by atoms with E-state index in [1.54, 1.807) is 4.57 Å². The summed E-state index contributed by atoms with van der Waals surface area (Å²) in [4.78, 5) is 29.6. The number of hydrogen-bond acceptors (Lipinski definition) is 7. The largest absolute Gasteiger partial charge is 0.394 e. The number of halogens is 1.